The first kappa shape index (κ1) is 23.7. The van der Waals surface area contributed by atoms with Gasteiger partial charge in [-0.2, -0.15) is 0 Å². The Bertz CT molecular complexity index is 683. The van der Waals surface area contributed by atoms with Crippen LogP contribution in [0.2, 0.25) is 10.3 Å². The number of hydrogen-bond donors (Lipinski definition) is 2. The number of pyridine rings is 2. The van der Waals surface area contributed by atoms with Gasteiger partial charge < -0.3 is 15.2 Å². The Kier molecular flexibility index (Phi) is 10.7. The molecule has 2 aromatic rings. The number of nitrogens with one attached hydrogen (secondary N) is 1. The number of carbonyl (C=O) groups is 1. The smallest absolute Gasteiger partial charge is 0.323 e. The quantitative estimate of drug-likeness (QED) is 0.542. The van der Waals surface area contributed by atoms with Crippen LogP contribution in [0.25, 0.3) is 0 Å². The van der Waals surface area contributed by atoms with Crippen LogP contribution in [0.1, 0.15) is 11.1 Å². The van der Waals surface area contributed by atoms with E-state index in [1.165, 1.54) is 6.20 Å². The summed E-state index contributed by atoms with van der Waals surface area (Å²) in [5.74, 6) is -0.383. The van der Waals surface area contributed by atoms with Gasteiger partial charge in [0.05, 0.1) is 6.20 Å². The van der Waals surface area contributed by atoms with Crippen LogP contribution in [0.15, 0.2) is 30.6 Å². The molecule has 0 radical (unpaired) electrons. The highest BCUT2D eigenvalue weighted by molar-refractivity contribution is 6.32. The second kappa shape index (κ2) is 11.3. The number of halogens is 4. The Labute approximate surface area is 167 Å². The van der Waals surface area contributed by atoms with Gasteiger partial charge in [0.1, 0.15) is 28.7 Å². The van der Waals surface area contributed by atoms with Gasteiger partial charge in [0, 0.05) is 12.6 Å². The average Bonchev–Trinajstić information content (AvgIpc) is 2.49. The second-order valence-electron chi connectivity index (χ2n) is 4.83. The first-order chi connectivity index (χ1) is 11.0. The fraction of sp³-hybridized carbons (Fsp3) is 0.267. The molecule has 0 saturated carbocycles. The molecular weight excluding hydrogens is 412 g/mol. The second-order valence-corrected chi connectivity index (χ2v) is 5.60. The lowest BCUT2D eigenvalue weighted by Gasteiger charge is -2.15. The van der Waals surface area contributed by atoms with Gasteiger partial charge in [-0.25, -0.2) is 4.98 Å². The van der Waals surface area contributed by atoms with Crippen molar-refractivity contribution in [3.8, 4) is 5.75 Å². The largest absolute Gasteiger partial charge is 0.506 e. The normalized spacial score (nSPS) is 11.0. The third kappa shape index (κ3) is 7.63. The highest BCUT2D eigenvalue weighted by Gasteiger charge is 2.19. The molecule has 0 amide bonds. The van der Waals surface area contributed by atoms with Gasteiger partial charge in [-0.15, -0.1) is 24.8 Å². The summed E-state index contributed by atoms with van der Waals surface area (Å²) in [6, 6.07) is 4.14. The average molecular weight is 429 g/mol. The minimum atomic E-state index is -0.564. The lowest BCUT2D eigenvalue weighted by atomic mass is 10.1. The number of esters is 1. The van der Waals surface area contributed by atoms with Gasteiger partial charge in [-0.3, -0.25) is 9.78 Å². The van der Waals surface area contributed by atoms with E-state index in [4.69, 9.17) is 27.9 Å². The van der Waals surface area contributed by atoms with Crippen molar-refractivity contribution in [2.45, 2.75) is 19.1 Å². The summed E-state index contributed by atoms with van der Waals surface area (Å²) in [4.78, 5) is 19.9. The molecular formula is C15H17Cl4N3O3. The zero-order valence-electron chi connectivity index (χ0n) is 13.1. The molecule has 0 spiro atoms. The molecule has 0 aliphatic rings. The summed E-state index contributed by atoms with van der Waals surface area (Å²) in [6.45, 7) is 0.0390. The van der Waals surface area contributed by atoms with E-state index in [9.17, 15) is 9.90 Å². The van der Waals surface area contributed by atoms with Crippen molar-refractivity contribution in [1.29, 1.82) is 0 Å². The predicted molar refractivity (Wildman–Crippen MR) is 101 cm³/mol. The number of nitrogens with zero attached hydrogens (tertiary/aromatic N) is 2. The Morgan fingerprint density at radius 1 is 1.20 bits per heavy atom. The first-order valence-corrected chi connectivity index (χ1v) is 7.52. The van der Waals surface area contributed by atoms with Crippen molar-refractivity contribution >= 4 is 54.0 Å². The number of carbonyl (C=O) groups excluding carboxylic acids is 1. The van der Waals surface area contributed by atoms with Crippen LogP contribution < -0.4 is 5.32 Å². The van der Waals surface area contributed by atoms with Gasteiger partial charge in [-0.05, 0) is 36.4 Å². The molecule has 0 aliphatic carbocycles. The number of aromatic nitrogens is 2. The van der Waals surface area contributed by atoms with Crippen LogP contribution in [0.3, 0.4) is 0 Å². The predicted octanol–water partition coefficient (Wildman–Crippen LogP) is 3.21. The van der Waals surface area contributed by atoms with Gasteiger partial charge in [0.15, 0.2) is 0 Å². The van der Waals surface area contributed by atoms with E-state index in [1.54, 1.807) is 31.4 Å². The minimum absolute atomic E-state index is 0. The highest BCUT2D eigenvalue weighted by Crippen LogP contribution is 2.16. The van der Waals surface area contributed by atoms with Crippen molar-refractivity contribution in [2.24, 2.45) is 0 Å². The molecule has 0 fully saturated rings. The monoisotopic (exact) mass is 427 g/mol. The maximum atomic E-state index is 12.2. The standard InChI is InChI=1S/C15H15Cl2N3O3.2ClH/c1-18-12(3-9-2-11(21)7-19-6-9)15(22)23-8-10-4-13(16)20-14(17)5-10;;/h2,4-7,12,18,21H,3,8H2,1H3;2*1H/t12-;;/m0../s1. The molecule has 25 heavy (non-hydrogen) atoms. The highest BCUT2D eigenvalue weighted by atomic mass is 35.5. The van der Waals surface area contributed by atoms with Gasteiger partial charge in [-0.1, -0.05) is 23.2 Å². The molecule has 0 bridgehead atoms. The van der Waals surface area contributed by atoms with Crippen LogP contribution in [0.5, 0.6) is 5.75 Å². The van der Waals surface area contributed by atoms with E-state index in [1.807, 2.05) is 0 Å². The van der Waals surface area contributed by atoms with Gasteiger partial charge in [0.25, 0.3) is 0 Å². The Balaban J connectivity index is 0.00000288. The Morgan fingerprint density at radius 3 is 2.40 bits per heavy atom. The first-order valence-electron chi connectivity index (χ1n) is 6.76. The van der Waals surface area contributed by atoms with Crippen molar-refractivity contribution in [2.75, 3.05) is 7.05 Å². The third-order valence-corrected chi connectivity index (χ3v) is 3.44. The van der Waals surface area contributed by atoms with Crippen molar-refractivity contribution < 1.29 is 14.6 Å². The zero-order valence-corrected chi connectivity index (χ0v) is 16.3. The molecule has 138 valence electrons. The van der Waals surface area contributed by atoms with E-state index in [-0.39, 0.29) is 47.5 Å². The number of likely N-dealkylation sites (N-methyl/N-ethyl adjacent to an activating group) is 1. The van der Waals surface area contributed by atoms with E-state index < -0.39 is 12.0 Å². The molecule has 2 N–H and O–H groups in total. The molecule has 2 heterocycles. The van der Waals surface area contributed by atoms with Crippen molar-refractivity contribution in [1.82, 2.24) is 15.3 Å². The van der Waals surface area contributed by atoms with Gasteiger partial charge >= 0.3 is 5.97 Å². The molecule has 0 unspecified atom stereocenters. The molecule has 1 atom stereocenters. The topological polar surface area (TPSA) is 84.3 Å². The van der Waals surface area contributed by atoms with E-state index in [0.717, 1.165) is 5.56 Å². The molecule has 10 heteroatoms. The summed E-state index contributed by atoms with van der Waals surface area (Å²) in [5.41, 5.74) is 1.37. The summed E-state index contributed by atoms with van der Waals surface area (Å²) >= 11 is 11.6. The fourth-order valence-corrected chi connectivity index (χ4v) is 2.48. The van der Waals surface area contributed by atoms with Crippen LogP contribution in [0.4, 0.5) is 0 Å². The van der Waals surface area contributed by atoms with Crippen molar-refractivity contribution in [3.05, 3.63) is 52.0 Å². The van der Waals surface area contributed by atoms with Crippen molar-refractivity contribution in [3.63, 3.8) is 0 Å². The third-order valence-electron chi connectivity index (χ3n) is 3.06. The molecule has 0 aliphatic heterocycles. The Hall–Kier alpha value is -1.31. The Morgan fingerprint density at radius 2 is 1.84 bits per heavy atom. The van der Waals surface area contributed by atoms with E-state index in [0.29, 0.717) is 12.0 Å². The molecule has 2 aromatic heterocycles. The zero-order chi connectivity index (χ0) is 16.8. The summed E-state index contributed by atoms with van der Waals surface area (Å²) in [6.07, 6.45) is 3.25. The number of ether oxygens (including phenoxy) is 1. The van der Waals surface area contributed by atoms with E-state index in [2.05, 4.69) is 15.3 Å². The fourth-order valence-electron chi connectivity index (χ4n) is 1.98. The van der Waals surface area contributed by atoms with Crippen LogP contribution >= 0.6 is 48.0 Å². The summed E-state index contributed by atoms with van der Waals surface area (Å²) < 4.78 is 5.26. The maximum absolute atomic E-state index is 12.2. The van der Waals surface area contributed by atoms with Crippen LogP contribution in [0, 0.1) is 0 Å². The maximum Gasteiger partial charge on any atom is 0.323 e. The number of rotatable bonds is 6. The lowest BCUT2D eigenvalue weighted by molar-refractivity contribution is -0.147. The van der Waals surface area contributed by atoms with Crippen LogP contribution in [-0.4, -0.2) is 34.1 Å². The summed E-state index contributed by atoms with van der Waals surface area (Å²) in [7, 11) is 1.66. The SMILES string of the molecule is CN[C@@H](Cc1cncc(O)c1)C(=O)OCc1cc(Cl)nc(Cl)c1.Cl.Cl. The van der Waals surface area contributed by atoms with Crippen LogP contribution in [-0.2, 0) is 22.6 Å². The molecule has 0 saturated heterocycles. The molecule has 0 aromatic carbocycles. The summed E-state index contributed by atoms with van der Waals surface area (Å²) in [5, 5.41) is 12.8. The molecule has 2 rings (SSSR count). The van der Waals surface area contributed by atoms with E-state index >= 15 is 0 Å². The lowest BCUT2D eigenvalue weighted by Crippen LogP contribution is -2.37. The van der Waals surface area contributed by atoms with Gasteiger partial charge in [0.2, 0.25) is 0 Å². The number of aromatic hydroxyl groups is 1. The number of hydrogen-bond acceptors (Lipinski definition) is 6. The molecule has 6 nitrogen and oxygen atoms in total. The minimum Gasteiger partial charge on any atom is -0.506 e.